The number of benzene rings is 3. The van der Waals surface area contributed by atoms with Crippen LogP contribution in [0, 0.1) is 13.8 Å². The van der Waals surface area contributed by atoms with E-state index in [1.165, 1.54) is 36.3 Å². The minimum atomic E-state index is -3.76. The number of amides is 1. The number of anilines is 2. The molecule has 1 amide bonds. The van der Waals surface area contributed by atoms with Gasteiger partial charge in [-0.25, -0.2) is 8.42 Å². The number of likely N-dealkylation sites (N-methyl/N-ethyl adjacent to an activating group) is 1. The van der Waals surface area contributed by atoms with Gasteiger partial charge in [0.15, 0.2) is 6.61 Å². The highest BCUT2D eigenvalue weighted by Gasteiger charge is 2.16. The SMILES string of the molecule is COc1ccc(NS(=O)(=O)c2ccc(OCC(=O)N(C)c3ccc(C)c(C)c3)cc2)cc1. The Bertz CT molecular complexity index is 1190. The van der Waals surface area contributed by atoms with Crippen molar-refractivity contribution in [1.29, 1.82) is 0 Å². The first-order chi connectivity index (χ1) is 15.2. The fourth-order valence-electron chi connectivity index (χ4n) is 2.91. The molecule has 0 aliphatic carbocycles. The van der Waals surface area contributed by atoms with Crippen LogP contribution in [0.1, 0.15) is 11.1 Å². The maximum Gasteiger partial charge on any atom is 0.264 e. The van der Waals surface area contributed by atoms with Gasteiger partial charge in [0.2, 0.25) is 0 Å². The van der Waals surface area contributed by atoms with Gasteiger partial charge in [-0.2, -0.15) is 0 Å². The van der Waals surface area contributed by atoms with Crippen molar-refractivity contribution in [3.8, 4) is 11.5 Å². The average Bonchev–Trinajstić information content (AvgIpc) is 2.79. The first-order valence-electron chi connectivity index (χ1n) is 9.93. The van der Waals surface area contributed by atoms with Crippen molar-refractivity contribution in [3.05, 3.63) is 77.9 Å². The molecule has 0 saturated heterocycles. The lowest BCUT2D eigenvalue weighted by Gasteiger charge is -2.19. The number of carbonyl (C=O) groups is 1. The topological polar surface area (TPSA) is 84.9 Å². The summed E-state index contributed by atoms with van der Waals surface area (Å²) >= 11 is 0. The lowest BCUT2D eigenvalue weighted by Crippen LogP contribution is -2.31. The van der Waals surface area contributed by atoms with E-state index in [2.05, 4.69) is 4.72 Å². The van der Waals surface area contributed by atoms with Crippen LogP contribution in [-0.4, -0.2) is 35.1 Å². The second kappa shape index (κ2) is 9.74. The van der Waals surface area contributed by atoms with Crippen molar-refractivity contribution in [2.45, 2.75) is 18.7 Å². The molecule has 0 unspecified atom stereocenters. The van der Waals surface area contributed by atoms with Crippen LogP contribution in [-0.2, 0) is 14.8 Å². The number of nitrogens with zero attached hydrogens (tertiary/aromatic N) is 1. The van der Waals surface area contributed by atoms with Crippen LogP contribution in [0.2, 0.25) is 0 Å². The molecular weight excluding hydrogens is 428 g/mol. The van der Waals surface area contributed by atoms with E-state index in [9.17, 15) is 13.2 Å². The maximum absolute atomic E-state index is 12.6. The van der Waals surface area contributed by atoms with Crippen molar-refractivity contribution >= 4 is 27.3 Å². The second-order valence-electron chi connectivity index (χ2n) is 7.32. The normalized spacial score (nSPS) is 11.0. The zero-order valence-electron chi connectivity index (χ0n) is 18.5. The van der Waals surface area contributed by atoms with E-state index in [0.717, 1.165) is 16.8 Å². The predicted molar refractivity (Wildman–Crippen MR) is 125 cm³/mol. The fraction of sp³-hybridized carbons (Fsp3) is 0.208. The molecule has 8 heteroatoms. The molecular formula is C24H26N2O5S. The molecule has 7 nitrogen and oxygen atoms in total. The van der Waals surface area contributed by atoms with Gasteiger partial charge in [0.05, 0.1) is 12.0 Å². The number of sulfonamides is 1. The third kappa shape index (κ3) is 5.59. The molecule has 0 heterocycles. The lowest BCUT2D eigenvalue weighted by molar-refractivity contribution is -0.120. The van der Waals surface area contributed by atoms with Gasteiger partial charge in [0.25, 0.3) is 15.9 Å². The Morgan fingerprint density at radius 2 is 1.53 bits per heavy atom. The Morgan fingerprint density at radius 1 is 0.906 bits per heavy atom. The molecule has 32 heavy (non-hydrogen) atoms. The van der Waals surface area contributed by atoms with Crippen molar-refractivity contribution < 1.29 is 22.7 Å². The van der Waals surface area contributed by atoms with E-state index < -0.39 is 10.0 Å². The smallest absolute Gasteiger partial charge is 0.264 e. The lowest BCUT2D eigenvalue weighted by atomic mass is 10.1. The van der Waals surface area contributed by atoms with E-state index in [1.807, 2.05) is 32.0 Å². The number of ether oxygens (including phenoxy) is 2. The second-order valence-corrected chi connectivity index (χ2v) is 9.00. The van der Waals surface area contributed by atoms with Crippen molar-refractivity contribution in [2.75, 3.05) is 30.4 Å². The first-order valence-corrected chi connectivity index (χ1v) is 11.4. The Kier molecular flexibility index (Phi) is 7.05. The Hall–Kier alpha value is -3.52. The van der Waals surface area contributed by atoms with Crippen LogP contribution in [0.3, 0.4) is 0 Å². The highest BCUT2D eigenvalue weighted by atomic mass is 32.2. The van der Waals surface area contributed by atoms with Gasteiger partial charge in [-0.1, -0.05) is 6.07 Å². The molecule has 0 aliphatic rings. The highest BCUT2D eigenvalue weighted by molar-refractivity contribution is 7.92. The van der Waals surface area contributed by atoms with Gasteiger partial charge in [-0.3, -0.25) is 9.52 Å². The van der Waals surface area contributed by atoms with Crippen molar-refractivity contribution in [1.82, 2.24) is 0 Å². The number of carbonyl (C=O) groups excluding carboxylic acids is 1. The fourth-order valence-corrected chi connectivity index (χ4v) is 3.97. The summed E-state index contributed by atoms with van der Waals surface area (Å²) in [5, 5.41) is 0. The minimum Gasteiger partial charge on any atom is -0.497 e. The summed E-state index contributed by atoms with van der Waals surface area (Å²) in [7, 11) is -0.529. The van der Waals surface area contributed by atoms with Crippen LogP contribution in [0.15, 0.2) is 71.6 Å². The van der Waals surface area contributed by atoms with Crippen LogP contribution >= 0.6 is 0 Å². The van der Waals surface area contributed by atoms with Gasteiger partial charge in [0, 0.05) is 18.4 Å². The molecule has 0 fully saturated rings. The first kappa shape index (κ1) is 23.1. The highest BCUT2D eigenvalue weighted by Crippen LogP contribution is 2.22. The summed E-state index contributed by atoms with van der Waals surface area (Å²) in [5.74, 6) is 0.813. The van der Waals surface area contributed by atoms with Crippen molar-refractivity contribution in [2.24, 2.45) is 0 Å². The Labute approximate surface area is 188 Å². The largest absolute Gasteiger partial charge is 0.497 e. The molecule has 0 bridgehead atoms. The average molecular weight is 455 g/mol. The number of hydrogen-bond acceptors (Lipinski definition) is 5. The van der Waals surface area contributed by atoms with E-state index in [4.69, 9.17) is 9.47 Å². The predicted octanol–water partition coefficient (Wildman–Crippen LogP) is 4.15. The van der Waals surface area contributed by atoms with E-state index >= 15 is 0 Å². The molecule has 0 saturated carbocycles. The zero-order chi connectivity index (χ0) is 23.3. The Balaban J connectivity index is 1.60. The monoisotopic (exact) mass is 454 g/mol. The number of aryl methyl sites for hydroxylation is 2. The van der Waals surface area contributed by atoms with Gasteiger partial charge < -0.3 is 14.4 Å². The molecule has 0 spiro atoms. The van der Waals surface area contributed by atoms with Crippen LogP contribution in [0.4, 0.5) is 11.4 Å². The molecule has 0 aromatic heterocycles. The van der Waals surface area contributed by atoms with Crippen molar-refractivity contribution in [3.63, 3.8) is 0 Å². The van der Waals surface area contributed by atoms with E-state index in [-0.39, 0.29) is 17.4 Å². The summed E-state index contributed by atoms with van der Waals surface area (Å²) in [5.41, 5.74) is 3.46. The zero-order valence-corrected chi connectivity index (χ0v) is 19.3. The third-order valence-corrected chi connectivity index (χ3v) is 6.49. The van der Waals surface area contributed by atoms with Gasteiger partial charge >= 0.3 is 0 Å². The number of methoxy groups -OCH3 is 1. The summed E-state index contributed by atoms with van der Waals surface area (Å²) in [6.45, 7) is 3.84. The summed E-state index contributed by atoms with van der Waals surface area (Å²) in [6.07, 6.45) is 0. The molecule has 3 aromatic carbocycles. The minimum absolute atomic E-state index is 0.0826. The molecule has 3 aromatic rings. The van der Waals surface area contributed by atoms with E-state index in [1.54, 1.807) is 31.3 Å². The number of hydrogen-bond donors (Lipinski definition) is 1. The van der Waals surface area contributed by atoms with Gasteiger partial charge in [0.1, 0.15) is 11.5 Å². The summed E-state index contributed by atoms with van der Waals surface area (Å²) < 4.78 is 38.3. The maximum atomic E-state index is 12.6. The molecule has 168 valence electrons. The number of nitrogens with one attached hydrogen (secondary N) is 1. The number of rotatable bonds is 8. The van der Waals surface area contributed by atoms with Crippen LogP contribution in [0.5, 0.6) is 11.5 Å². The third-order valence-electron chi connectivity index (χ3n) is 5.09. The van der Waals surface area contributed by atoms with Crippen LogP contribution < -0.4 is 19.1 Å². The molecule has 1 N–H and O–H groups in total. The molecule has 0 radical (unpaired) electrons. The quantitative estimate of drug-likeness (QED) is 0.553. The summed E-state index contributed by atoms with van der Waals surface area (Å²) in [6, 6.07) is 18.3. The Morgan fingerprint density at radius 3 is 2.12 bits per heavy atom. The summed E-state index contributed by atoms with van der Waals surface area (Å²) in [4.78, 5) is 14.1. The van der Waals surface area contributed by atoms with Gasteiger partial charge in [-0.15, -0.1) is 0 Å². The molecule has 0 aliphatic heterocycles. The van der Waals surface area contributed by atoms with E-state index in [0.29, 0.717) is 17.2 Å². The molecule has 3 rings (SSSR count). The van der Waals surface area contributed by atoms with Gasteiger partial charge in [-0.05, 0) is 85.6 Å². The standard InChI is InChI=1S/C24H26N2O5S/c1-17-5-8-20(15-18(17)2)26(3)24(27)16-31-22-11-13-23(14-12-22)32(28,29)25-19-6-9-21(30-4)10-7-19/h5-15,25H,16H2,1-4H3. The molecule has 0 atom stereocenters. The van der Waals surface area contributed by atoms with Crippen LogP contribution in [0.25, 0.3) is 0 Å².